The van der Waals surface area contributed by atoms with Gasteiger partial charge in [0.25, 0.3) is 5.91 Å². The van der Waals surface area contributed by atoms with Gasteiger partial charge in [0.05, 0.1) is 10.3 Å². The lowest BCUT2D eigenvalue weighted by molar-refractivity contribution is -0.148. The maximum atomic E-state index is 13.0. The molecule has 158 valence electrons. The number of thiophene rings is 1. The molecule has 2 rings (SSSR count). The van der Waals surface area contributed by atoms with E-state index in [4.69, 9.17) is 10.5 Å². The standard InChI is InChI=1S/C19H20F4N2O3S/c1-10-8-11(28-9-19(22,23)16(20)21)4-5-13(10)25-15(26)14-12(6-7-29-14)18(2,3)17(24)27/h4-8,16H,9H2,1-3H3,(H2,24,27)(H,25,26). The zero-order valence-corrected chi connectivity index (χ0v) is 16.7. The van der Waals surface area contributed by atoms with Gasteiger partial charge in [0.2, 0.25) is 5.91 Å². The highest BCUT2D eigenvalue weighted by atomic mass is 32.1. The summed E-state index contributed by atoms with van der Waals surface area (Å²) >= 11 is 1.14. The molecule has 2 aromatic rings. The van der Waals surface area contributed by atoms with Crippen LogP contribution in [0.1, 0.15) is 34.6 Å². The van der Waals surface area contributed by atoms with Crippen LogP contribution in [0, 0.1) is 6.92 Å². The Bertz CT molecular complexity index is 913. The van der Waals surface area contributed by atoms with Crippen LogP contribution in [0.25, 0.3) is 0 Å². The van der Waals surface area contributed by atoms with Crippen molar-refractivity contribution in [3.05, 3.63) is 45.6 Å². The number of anilines is 1. The number of hydrogen-bond acceptors (Lipinski definition) is 4. The topological polar surface area (TPSA) is 81.4 Å². The third kappa shape index (κ3) is 5.06. The second-order valence-corrected chi connectivity index (χ2v) is 7.85. The van der Waals surface area contributed by atoms with Crippen molar-refractivity contribution >= 4 is 28.8 Å². The van der Waals surface area contributed by atoms with Crippen LogP contribution in [0.4, 0.5) is 23.2 Å². The van der Waals surface area contributed by atoms with Crippen molar-refractivity contribution in [2.45, 2.75) is 38.5 Å². The Morgan fingerprint density at radius 2 is 1.90 bits per heavy atom. The minimum Gasteiger partial charge on any atom is -0.487 e. The number of hydrogen-bond donors (Lipinski definition) is 2. The predicted octanol–water partition coefficient (Wildman–Crippen LogP) is 4.35. The van der Waals surface area contributed by atoms with E-state index in [2.05, 4.69) is 5.32 Å². The van der Waals surface area contributed by atoms with E-state index in [1.807, 2.05) is 0 Å². The van der Waals surface area contributed by atoms with Gasteiger partial charge in [-0.1, -0.05) is 0 Å². The molecule has 0 spiro atoms. The second-order valence-electron chi connectivity index (χ2n) is 6.93. The molecular weight excluding hydrogens is 412 g/mol. The molecule has 3 N–H and O–H groups in total. The molecule has 1 aromatic carbocycles. The lowest BCUT2D eigenvalue weighted by Gasteiger charge is -2.21. The maximum absolute atomic E-state index is 13.0. The Morgan fingerprint density at radius 3 is 2.45 bits per heavy atom. The smallest absolute Gasteiger partial charge is 0.340 e. The van der Waals surface area contributed by atoms with E-state index in [0.717, 1.165) is 11.3 Å². The number of aryl methyl sites for hydroxylation is 1. The van der Waals surface area contributed by atoms with Gasteiger partial charge in [0, 0.05) is 5.69 Å². The minimum absolute atomic E-state index is 0.0347. The van der Waals surface area contributed by atoms with Crippen molar-refractivity contribution in [1.29, 1.82) is 0 Å². The van der Waals surface area contributed by atoms with Gasteiger partial charge in [-0.05, 0) is 61.5 Å². The van der Waals surface area contributed by atoms with Gasteiger partial charge in [-0.3, -0.25) is 9.59 Å². The van der Waals surface area contributed by atoms with Crippen LogP contribution in [0.3, 0.4) is 0 Å². The molecule has 0 unspecified atom stereocenters. The largest absolute Gasteiger partial charge is 0.487 e. The summed E-state index contributed by atoms with van der Waals surface area (Å²) in [5, 5.41) is 4.35. The van der Waals surface area contributed by atoms with Crippen LogP contribution in [-0.4, -0.2) is 30.8 Å². The monoisotopic (exact) mass is 432 g/mol. The van der Waals surface area contributed by atoms with E-state index in [1.54, 1.807) is 32.2 Å². The normalized spacial score (nSPS) is 12.1. The third-order valence-corrected chi connectivity index (χ3v) is 5.27. The Morgan fingerprint density at radius 1 is 1.24 bits per heavy atom. The number of carbonyl (C=O) groups excluding carboxylic acids is 2. The summed E-state index contributed by atoms with van der Waals surface area (Å²) in [7, 11) is 0. The van der Waals surface area contributed by atoms with Gasteiger partial charge < -0.3 is 15.8 Å². The number of primary amides is 1. The summed E-state index contributed by atoms with van der Waals surface area (Å²) in [4.78, 5) is 24.7. The van der Waals surface area contributed by atoms with Crippen LogP contribution in [0.5, 0.6) is 5.75 Å². The average Bonchev–Trinajstić information content (AvgIpc) is 3.12. The highest BCUT2D eigenvalue weighted by Crippen LogP contribution is 2.32. The number of rotatable bonds is 8. The molecule has 0 aliphatic carbocycles. The molecule has 1 heterocycles. The number of carbonyl (C=O) groups is 2. The highest BCUT2D eigenvalue weighted by Gasteiger charge is 2.41. The van der Waals surface area contributed by atoms with E-state index in [1.165, 1.54) is 18.2 Å². The molecular formula is C19H20F4N2O3S. The maximum Gasteiger partial charge on any atom is 0.340 e. The van der Waals surface area contributed by atoms with Gasteiger partial charge >= 0.3 is 12.3 Å². The fourth-order valence-corrected chi connectivity index (χ4v) is 3.35. The highest BCUT2D eigenvalue weighted by molar-refractivity contribution is 7.12. The summed E-state index contributed by atoms with van der Waals surface area (Å²) in [6, 6.07) is 5.69. The molecule has 0 aliphatic rings. The van der Waals surface area contributed by atoms with E-state index >= 15 is 0 Å². The quantitative estimate of drug-likeness (QED) is 0.609. The van der Waals surface area contributed by atoms with Gasteiger partial charge in [0.1, 0.15) is 5.75 Å². The first kappa shape index (κ1) is 22.7. The molecule has 10 heteroatoms. The number of benzene rings is 1. The molecule has 0 radical (unpaired) electrons. The van der Waals surface area contributed by atoms with Crippen LogP contribution in [0.15, 0.2) is 29.6 Å². The Labute approximate surface area is 168 Å². The number of nitrogens with one attached hydrogen (secondary N) is 1. The first-order valence-corrected chi connectivity index (χ1v) is 9.33. The average molecular weight is 432 g/mol. The van der Waals surface area contributed by atoms with E-state index in [-0.39, 0.29) is 5.75 Å². The van der Waals surface area contributed by atoms with Crippen LogP contribution in [0.2, 0.25) is 0 Å². The van der Waals surface area contributed by atoms with Crippen LogP contribution >= 0.6 is 11.3 Å². The Balaban J connectivity index is 2.15. The molecule has 1 aromatic heterocycles. The summed E-state index contributed by atoms with van der Waals surface area (Å²) in [6.07, 6.45) is -3.83. The van der Waals surface area contributed by atoms with E-state index < -0.39 is 36.2 Å². The summed E-state index contributed by atoms with van der Waals surface area (Å²) in [5.74, 6) is -5.34. The fraction of sp³-hybridized carbons (Fsp3) is 0.368. The van der Waals surface area contributed by atoms with Crippen molar-refractivity contribution < 1.29 is 31.9 Å². The van der Waals surface area contributed by atoms with E-state index in [9.17, 15) is 27.2 Å². The molecule has 5 nitrogen and oxygen atoms in total. The number of ether oxygens (including phenoxy) is 1. The molecule has 0 saturated heterocycles. The van der Waals surface area contributed by atoms with Gasteiger partial charge in [0.15, 0.2) is 6.61 Å². The number of halogens is 4. The lowest BCUT2D eigenvalue weighted by Crippen LogP contribution is -2.36. The number of amides is 2. The number of alkyl halides is 4. The van der Waals surface area contributed by atoms with Crippen molar-refractivity contribution in [3.8, 4) is 5.75 Å². The van der Waals surface area contributed by atoms with Crippen molar-refractivity contribution in [1.82, 2.24) is 0 Å². The summed E-state index contributed by atoms with van der Waals surface area (Å²) in [6.45, 7) is 3.36. The molecule has 2 amide bonds. The number of nitrogens with two attached hydrogens (primary N) is 1. The molecule has 0 fully saturated rings. The predicted molar refractivity (Wildman–Crippen MR) is 102 cm³/mol. The summed E-state index contributed by atoms with van der Waals surface area (Å²) < 4.78 is 55.1. The zero-order valence-electron chi connectivity index (χ0n) is 15.9. The van der Waals surface area contributed by atoms with Crippen molar-refractivity contribution in [2.75, 3.05) is 11.9 Å². The second kappa shape index (κ2) is 8.40. The van der Waals surface area contributed by atoms with Gasteiger partial charge in [-0.25, -0.2) is 8.78 Å². The van der Waals surface area contributed by atoms with Crippen molar-refractivity contribution in [2.24, 2.45) is 5.73 Å². The van der Waals surface area contributed by atoms with Gasteiger partial charge in [-0.15, -0.1) is 11.3 Å². The lowest BCUT2D eigenvalue weighted by atomic mass is 9.84. The molecule has 0 atom stereocenters. The molecule has 0 bridgehead atoms. The first-order chi connectivity index (χ1) is 13.4. The van der Waals surface area contributed by atoms with Crippen molar-refractivity contribution in [3.63, 3.8) is 0 Å². The van der Waals surface area contributed by atoms with Gasteiger partial charge in [-0.2, -0.15) is 8.78 Å². The summed E-state index contributed by atoms with van der Waals surface area (Å²) in [5.41, 5.74) is 5.71. The minimum atomic E-state index is -4.26. The van der Waals surface area contributed by atoms with Crippen LogP contribution < -0.4 is 15.8 Å². The van der Waals surface area contributed by atoms with Crippen LogP contribution in [-0.2, 0) is 10.2 Å². The SMILES string of the molecule is Cc1cc(OCC(F)(F)C(F)F)ccc1NC(=O)c1sccc1C(C)(C)C(N)=O. The Kier molecular flexibility index (Phi) is 6.56. The Hall–Kier alpha value is -2.62. The molecule has 0 aliphatic heterocycles. The molecule has 0 saturated carbocycles. The first-order valence-electron chi connectivity index (χ1n) is 8.45. The fourth-order valence-electron chi connectivity index (χ4n) is 2.40. The van der Waals surface area contributed by atoms with E-state index in [0.29, 0.717) is 21.7 Å². The molecule has 29 heavy (non-hydrogen) atoms. The zero-order chi connectivity index (χ0) is 22.0. The third-order valence-electron chi connectivity index (χ3n) is 4.36.